The Bertz CT molecular complexity index is 1080. The predicted molar refractivity (Wildman–Crippen MR) is 106 cm³/mol. The zero-order valence-electron chi connectivity index (χ0n) is 15.9. The Kier molecular flexibility index (Phi) is 4.27. The molecule has 0 aliphatic carbocycles. The summed E-state index contributed by atoms with van der Waals surface area (Å²) in [6, 6.07) is 10.7. The van der Waals surface area contributed by atoms with Gasteiger partial charge in [-0.05, 0) is 42.3 Å². The molecule has 0 N–H and O–H groups in total. The molecular formula is C20H22N6O. The van der Waals surface area contributed by atoms with E-state index in [-0.39, 0.29) is 0 Å². The van der Waals surface area contributed by atoms with Crippen LogP contribution in [0.1, 0.15) is 11.1 Å². The van der Waals surface area contributed by atoms with Crippen LogP contribution < -0.4 is 9.80 Å². The molecule has 0 unspecified atom stereocenters. The summed E-state index contributed by atoms with van der Waals surface area (Å²) in [7, 11) is 5.99. The number of pyridine rings is 1. The molecule has 0 saturated carbocycles. The maximum Gasteiger partial charge on any atom is 0.318 e. The van der Waals surface area contributed by atoms with E-state index in [2.05, 4.69) is 51.4 Å². The van der Waals surface area contributed by atoms with Crippen LogP contribution in [-0.4, -0.2) is 40.7 Å². The summed E-state index contributed by atoms with van der Waals surface area (Å²) in [5.41, 5.74) is 5.26. The van der Waals surface area contributed by atoms with Crippen LogP contribution in [0.4, 0.5) is 11.7 Å². The number of aromatic nitrogens is 4. The molecule has 7 heteroatoms. The molecule has 0 atom stereocenters. The van der Waals surface area contributed by atoms with Gasteiger partial charge in [-0.1, -0.05) is 11.2 Å². The van der Waals surface area contributed by atoms with Gasteiger partial charge in [0.1, 0.15) is 5.65 Å². The van der Waals surface area contributed by atoms with Crippen molar-refractivity contribution < 1.29 is 4.42 Å². The second kappa shape index (κ2) is 6.75. The third-order valence-electron chi connectivity index (χ3n) is 4.57. The summed E-state index contributed by atoms with van der Waals surface area (Å²) in [5.74, 6) is 0.532. The highest BCUT2D eigenvalue weighted by atomic mass is 16.4. The molecule has 0 spiro atoms. The first-order valence-electron chi connectivity index (χ1n) is 8.76. The molecule has 0 aliphatic rings. The van der Waals surface area contributed by atoms with Crippen LogP contribution in [0.15, 0.2) is 53.3 Å². The number of nitrogens with zero attached hydrogens (tertiary/aromatic N) is 6. The summed E-state index contributed by atoms with van der Waals surface area (Å²) >= 11 is 0. The first-order valence-corrected chi connectivity index (χ1v) is 8.76. The minimum Gasteiger partial charge on any atom is -0.403 e. The van der Waals surface area contributed by atoms with E-state index in [4.69, 9.17) is 4.42 Å². The van der Waals surface area contributed by atoms with Gasteiger partial charge in [0.25, 0.3) is 0 Å². The molecule has 4 rings (SSSR count). The van der Waals surface area contributed by atoms with Crippen LogP contribution in [0.3, 0.4) is 0 Å². The number of fused-ring (bicyclic) bond motifs is 1. The van der Waals surface area contributed by atoms with E-state index in [1.807, 2.05) is 48.8 Å². The number of benzene rings is 1. The molecule has 0 amide bonds. The number of imidazole rings is 1. The minimum absolute atomic E-state index is 0.492. The molecular weight excluding hydrogens is 340 g/mol. The van der Waals surface area contributed by atoms with Gasteiger partial charge in [-0.25, -0.2) is 4.98 Å². The summed E-state index contributed by atoms with van der Waals surface area (Å²) < 4.78 is 7.93. The second-order valence-electron chi connectivity index (χ2n) is 6.87. The largest absolute Gasteiger partial charge is 0.403 e. The molecule has 0 radical (unpaired) electrons. The fourth-order valence-electron chi connectivity index (χ4n) is 3.05. The highest BCUT2D eigenvalue weighted by molar-refractivity contribution is 5.64. The Morgan fingerprint density at radius 2 is 1.93 bits per heavy atom. The maximum absolute atomic E-state index is 5.93. The lowest BCUT2D eigenvalue weighted by Gasteiger charge is -2.14. The number of hydrogen-bond donors (Lipinski definition) is 0. The van der Waals surface area contributed by atoms with Crippen molar-refractivity contribution in [3.63, 3.8) is 0 Å². The van der Waals surface area contributed by atoms with Gasteiger partial charge in [0.2, 0.25) is 5.89 Å². The molecule has 0 saturated heterocycles. The molecule has 3 heterocycles. The van der Waals surface area contributed by atoms with Crippen molar-refractivity contribution in [1.29, 1.82) is 0 Å². The number of aryl methyl sites for hydroxylation is 1. The van der Waals surface area contributed by atoms with Gasteiger partial charge in [-0.15, -0.1) is 5.10 Å². The van der Waals surface area contributed by atoms with Gasteiger partial charge in [-0.2, -0.15) is 0 Å². The van der Waals surface area contributed by atoms with Crippen LogP contribution in [0, 0.1) is 6.92 Å². The van der Waals surface area contributed by atoms with Crippen LogP contribution in [0.25, 0.3) is 17.1 Å². The van der Waals surface area contributed by atoms with Crippen LogP contribution in [0.2, 0.25) is 0 Å². The first kappa shape index (κ1) is 17.1. The molecule has 138 valence electrons. The lowest BCUT2D eigenvalue weighted by atomic mass is 10.1. The SMILES string of the molecule is Cc1cc(N(C)C)ccc1-c1nnc(N(C)Cc2ccc3nccn3c2)o1. The van der Waals surface area contributed by atoms with Gasteiger partial charge >= 0.3 is 6.01 Å². The Morgan fingerprint density at radius 1 is 1.07 bits per heavy atom. The maximum atomic E-state index is 5.93. The Hall–Kier alpha value is -3.35. The van der Waals surface area contributed by atoms with E-state index in [0.29, 0.717) is 18.5 Å². The van der Waals surface area contributed by atoms with Gasteiger partial charge in [0.15, 0.2) is 0 Å². The molecule has 27 heavy (non-hydrogen) atoms. The van der Waals surface area contributed by atoms with Crippen molar-refractivity contribution >= 4 is 17.3 Å². The lowest BCUT2D eigenvalue weighted by Crippen LogP contribution is -2.17. The van der Waals surface area contributed by atoms with Crippen molar-refractivity contribution in [3.8, 4) is 11.5 Å². The summed E-state index contributed by atoms with van der Waals surface area (Å²) in [4.78, 5) is 8.28. The fraction of sp³-hybridized carbons (Fsp3) is 0.250. The zero-order chi connectivity index (χ0) is 19.0. The molecule has 0 aliphatic heterocycles. The van der Waals surface area contributed by atoms with Crippen molar-refractivity contribution in [2.45, 2.75) is 13.5 Å². The Labute approximate surface area is 157 Å². The molecule has 1 aromatic carbocycles. The topological polar surface area (TPSA) is 62.7 Å². The highest BCUT2D eigenvalue weighted by Gasteiger charge is 2.15. The third-order valence-corrected chi connectivity index (χ3v) is 4.57. The average Bonchev–Trinajstić information content (AvgIpc) is 3.30. The predicted octanol–water partition coefficient (Wildman–Crippen LogP) is 3.40. The van der Waals surface area contributed by atoms with E-state index in [0.717, 1.165) is 28.0 Å². The number of hydrogen-bond acceptors (Lipinski definition) is 6. The summed E-state index contributed by atoms with van der Waals surface area (Å²) in [5, 5.41) is 8.46. The van der Waals surface area contributed by atoms with Crippen LogP contribution >= 0.6 is 0 Å². The van der Waals surface area contributed by atoms with Crippen molar-refractivity contribution in [2.24, 2.45) is 0 Å². The molecule has 4 aromatic rings. The third kappa shape index (κ3) is 3.36. The lowest BCUT2D eigenvalue weighted by molar-refractivity contribution is 0.554. The number of rotatable bonds is 5. The van der Waals surface area contributed by atoms with Gasteiger partial charge < -0.3 is 18.6 Å². The van der Waals surface area contributed by atoms with Crippen molar-refractivity contribution in [3.05, 3.63) is 60.0 Å². The van der Waals surface area contributed by atoms with Gasteiger partial charge in [0.05, 0.1) is 0 Å². The summed E-state index contributed by atoms with van der Waals surface area (Å²) in [6.07, 6.45) is 5.78. The van der Waals surface area contributed by atoms with Crippen molar-refractivity contribution in [2.75, 3.05) is 30.9 Å². The molecule has 0 bridgehead atoms. The highest BCUT2D eigenvalue weighted by Crippen LogP contribution is 2.28. The molecule has 7 nitrogen and oxygen atoms in total. The average molecular weight is 362 g/mol. The summed E-state index contributed by atoms with van der Waals surface area (Å²) in [6.45, 7) is 2.71. The van der Waals surface area contributed by atoms with Gasteiger partial charge in [0, 0.05) is 57.5 Å². The number of anilines is 2. The zero-order valence-corrected chi connectivity index (χ0v) is 15.9. The first-order chi connectivity index (χ1) is 13.0. The molecule has 3 aromatic heterocycles. The standard InChI is InChI=1S/C20H22N6O/c1-14-11-16(24(2)3)6-7-17(14)19-22-23-20(27-19)25(4)12-15-5-8-18-21-9-10-26(18)13-15/h5-11,13H,12H2,1-4H3. The second-order valence-corrected chi connectivity index (χ2v) is 6.87. The minimum atomic E-state index is 0.492. The van der Waals surface area contributed by atoms with Crippen LogP contribution in [-0.2, 0) is 6.54 Å². The normalized spacial score (nSPS) is 11.1. The van der Waals surface area contributed by atoms with Crippen LogP contribution in [0.5, 0.6) is 0 Å². The van der Waals surface area contributed by atoms with Gasteiger partial charge in [-0.3, -0.25) is 0 Å². The Morgan fingerprint density at radius 3 is 2.70 bits per heavy atom. The smallest absolute Gasteiger partial charge is 0.318 e. The molecule has 0 fully saturated rings. The van der Waals surface area contributed by atoms with E-state index < -0.39 is 0 Å². The van der Waals surface area contributed by atoms with E-state index >= 15 is 0 Å². The quantitative estimate of drug-likeness (QED) is 0.542. The van der Waals surface area contributed by atoms with E-state index in [9.17, 15) is 0 Å². The van der Waals surface area contributed by atoms with Crippen molar-refractivity contribution in [1.82, 2.24) is 19.6 Å². The monoisotopic (exact) mass is 362 g/mol. The van der Waals surface area contributed by atoms with E-state index in [1.54, 1.807) is 6.20 Å². The fourth-order valence-corrected chi connectivity index (χ4v) is 3.05. The Balaban J connectivity index is 1.54. The van der Waals surface area contributed by atoms with E-state index in [1.165, 1.54) is 0 Å².